The van der Waals surface area contributed by atoms with E-state index >= 15 is 0 Å². The summed E-state index contributed by atoms with van der Waals surface area (Å²) >= 11 is 0. The zero-order valence-electron chi connectivity index (χ0n) is 13.1. The van der Waals surface area contributed by atoms with Crippen LogP contribution >= 0.6 is 0 Å². The quantitative estimate of drug-likeness (QED) is 0.814. The van der Waals surface area contributed by atoms with E-state index in [4.69, 9.17) is 4.74 Å². The molecule has 19 heavy (non-hydrogen) atoms. The first-order valence-corrected chi connectivity index (χ1v) is 7.20. The summed E-state index contributed by atoms with van der Waals surface area (Å²) < 4.78 is 5.45. The Balaban J connectivity index is 3.21. The second-order valence-electron chi connectivity index (χ2n) is 5.14. The summed E-state index contributed by atoms with van der Waals surface area (Å²) in [6.45, 7) is 11.6. The van der Waals surface area contributed by atoms with Crippen LogP contribution in [0.1, 0.15) is 69.6 Å². The highest BCUT2D eigenvalue weighted by atomic mass is 16.5. The molecule has 0 saturated heterocycles. The summed E-state index contributed by atoms with van der Waals surface area (Å²) in [7, 11) is 1.71. The van der Waals surface area contributed by atoms with E-state index in [2.05, 4.69) is 49.9 Å². The van der Waals surface area contributed by atoms with Crippen LogP contribution in [0.15, 0.2) is 0 Å². The van der Waals surface area contributed by atoms with Crippen LogP contribution in [0.4, 0.5) is 5.82 Å². The zero-order chi connectivity index (χ0) is 14.4. The highest BCUT2D eigenvalue weighted by molar-refractivity contribution is 5.48. The topological polar surface area (TPSA) is 47.0 Å². The van der Waals surface area contributed by atoms with Crippen molar-refractivity contribution in [2.45, 2.75) is 59.5 Å². The highest BCUT2D eigenvalue weighted by Crippen LogP contribution is 2.28. The third-order valence-corrected chi connectivity index (χ3v) is 3.22. The minimum atomic E-state index is -0.0258. The Morgan fingerprint density at radius 2 is 1.89 bits per heavy atom. The van der Waals surface area contributed by atoms with Gasteiger partial charge < -0.3 is 10.1 Å². The van der Waals surface area contributed by atoms with Gasteiger partial charge in [-0.15, -0.1) is 0 Å². The molecular formula is C15H27N3O. The number of ether oxygens (including phenoxy) is 1. The van der Waals surface area contributed by atoms with Crippen molar-refractivity contribution < 1.29 is 4.74 Å². The lowest BCUT2D eigenvalue weighted by molar-refractivity contribution is 0.0925. The molecule has 1 N–H and O–H groups in total. The van der Waals surface area contributed by atoms with Crippen LogP contribution < -0.4 is 5.32 Å². The van der Waals surface area contributed by atoms with Gasteiger partial charge in [-0.1, -0.05) is 27.7 Å². The molecule has 0 saturated carbocycles. The fourth-order valence-electron chi connectivity index (χ4n) is 2.27. The monoisotopic (exact) mass is 265 g/mol. The van der Waals surface area contributed by atoms with Crippen LogP contribution in [0, 0.1) is 6.92 Å². The summed E-state index contributed by atoms with van der Waals surface area (Å²) in [6.07, 6.45) is 1.93. The van der Waals surface area contributed by atoms with Crippen LogP contribution in [0.5, 0.6) is 0 Å². The van der Waals surface area contributed by atoms with Crippen LogP contribution in [0.2, 0.25) is 0 Å². The SMILES string of the molecule is CCCNc1nc(C(CC)OC)nc(C)c1C(C)C. The number of nitrogens with zero attached hydrogens (tertiary/aromatic N) is 2. The molecule has 0 spiro atoms. The van der Waals surface area contributed by atoms with Crippen molar-refractivity contribution in [3.63, 3.8) is 0 Å². The smallest absolute Gasteiger partial charge is 0.159 e. The molecule has 0 amide bonds. The van der Waals surface area contributed by atoms with Gasteiger partial charge in [0.05, 0.1) is 0 Å². The van der Waals surface area contributed by atoms with Gasteiger partial charge in [-0.3, -0.25) is 0 Å². The number of nitrogens with one attached hydrogen (secondary N) is 1. The number of anilines is 1. The number of aromatic nitrogens is 2. The summed E-state index contributed by atoms with van der Waals surface area (Å²) in [6, 6.07) is 0. The molecule has 1 aromatic heterocycles. The van der Waals surface area contributed by atoms with Gasteiger partial charge in [-0.05, 0) is 25.7 Å². The van der Waals surface area contributed by atoms with E-state index in [0.717, 1.165) is 36.7 Å². The van der Waals surface area contributed by atoms with E-state index in [1.165, 1.54) is 5.56 Å². The van der Waals surface area contributed by atoms with Crippen molar-refractivity contribution in [3.8, 4) is 0 Å². The fourth-order valence-corrected chi connectivity index (χ4v) is 2.27. The summed E-state index contributed by atoms with van der Waals surface area (Å²) in [5, 5.41) is 3.42. The minimum Gasteiger partial charge on any atom is -0.373 e. The summed E-state index contributed by atoms with van der Waals surface area (Å²) in [5.74, 6) is 2.16. The molecule has 1 heterocycles. The molecule has 0 aliphatic rings. The Bertz CT molecular complexity index is 401. The Morgan fingerprint density at radius 3 is 2.37 bits per heavy atom. The van der Waals surface area contributed by atoms with Gasteiger partial charge >= 0.3 is 0 Å². The zero-order valence-corrected chi connectivity index (χ0v) is 13.1. The molecule has 108 valence electrons. The summed E-state index contributed by atoms with van der Waals surface area (Å²) in [5.41, 5.74) is 2.26. The predicted octanol–water partition coefficient (Wildman–Crippen LogP) is 3.83. The lowest BCUT2D eigenvalue weighted by atomic mass is 10.0. The largest absolute Gasteiger partial charge is 0.373 e. The standard InChI is InChI=1S/C15H27N3O/c1-7-9-16-15-13(10(3)4)11(5)17-14(18-15)12(8-2)19-6/h10,12H,7-9H2,1-6H3,(H,16,17,18). The molecule has 4 heteroatoms. The van der Waals surface area contributed by atoms with Crippen LogP contribution in [-0.4, -0.2) is 23.6 Å². The van der Waals surface area contributed by atoms with E-state index in [-0.39, 0.29) is 6.10 Å². The van der Waals surface area contributed by atoms with Crippen LogP contribution in [0.3, 0.4) is 0 Å². The molecule has 1 aromatic rings. The molecule has 0 aliphatic heterocycles. The Labute approximate surface area is 117 Å². The minimum absolute atomic E-state index is 0.0258. The maximum absolute atomic E-state index is 5.45. The van der Waals surface area contributed by atoms with Gasteiger partial charge in [-0.2, -0.15) is 0 Å². The van der Waals surface area contributed by atoms with Gasteiger partial charge in [-0.25, -0.2) is 9.97 Å². The molecule has 4 nitrogen and oxygen atoms in total. The fraction of sp³-hybridized carbons (Fsp3) is 0.733. The van der Waals surface area contributed by atoms with Gasteiger partial charge in [0.2, 0.25) is 0 Å². The van der Waals surface area contributed by atoms with Crippen LogP contribution in [-0.2, 0) is 4.74 Å². The third kappa shape index (κ3) is 3.90. The first-order chi connectivity index (χ1) is 9.04. The lowest BCUT2D eigenvalue weighted by Crippen LogP contribution is -2.14. The van der Waals surface area contributed by atoms with Crippen molar-refractivity contribution in [2.75, 3.05) is 19.0 Å². The Kier molecular flexibility index (Phi) is 6.22. The van der Waals surface area contributed by atoms with Gasteiger partial charge in [0.25, 0.3) is 0 Å². The van der Waals surface area contributed by atoms with Crippen molar-refractivity contribution in [1.29, 1.82) is 0 Å². The predicted molar refractivity (Wildman–Crippen MR) is 79.7 cm³/mol. The van der Waals surface area contributed by atoms with Gasteiger partial charge in [0.15, 0.2) is 5.82 Å². The number of methoxy groups -OCH3 is 1. The second-order valence-corrected chi connectivity index (χ2v) is 5.14. The first kappa shape index (κ1) is 15.9. The molecular weight excluding hydrogens is 238 g/mol. The molecule has 1 rings (SSSR count). The van der Waals surface area contributed by atoms with E-state index in [0.29, 0.717) is 5.92 Å². The third-order valence-electron chi connectivity index (χ3n) is 3.22. The summed E-state index contributed by atoms with van der Waals surface area (Å²) in [4.78, 5) is 9.32. The number of rotatable bonds is 7. The number of hydrogen-bond donors (Lipinski definition) is 1. The molecule has 0 bridgehead atoms. The van der Waals surface area contributed by atoms with E-state index < -0.39 is 0 Å². The number of hydrogen-bond acceptors (Lipinski definition) is 4. The van der Waals surface area contributed by atoms with Crippen molar-refractivity contribution >= 4 is 5.82 Å². The molecule has 0 aromatic carbocycles. The van der Waals surface area contributed by atoms with E-state index in [1.54, 1.807) is 7.11 Å². The Hall–Kier alpha value is -1.16. The van der Waals surface area contributed by atoms with Crippen molar-refractivity contribution in [2.24, 2.45) is 0 Å². The lowest BCUT2D eigenvalue weighted by Gasteiger charge is -2.19. The second kappa shape index (κ2) is 7.43. The molecule has 0 aliphatic carbocycles. The van der Waals surface area contributed by atoms with Crippen LogP contribution in [0.25, 0.3) is 0 Å². The number of aryl methyl sites for hydroxylation is 1. The average Bonchev–Trinajstić information content (AvgIpc) is 2.36. The van der Waals surface area contributed by atoms with Crippen molar-refractivity contribution in [3.05, 3.63) is 17.1 Å². The van der Waals surface area contributed by atoms with Gasteiger partial charge in [0, 0.05) is 24.9 Å². The molecule has 0 fully saturated rings. The van der Waals surface area contributed by atoms with E-state index in [1.807, 2.05) is 0 Å². The molecule has 1 atom stereocenters. The maximum atomic E-state index is 5.45. The van der Waals surface area contributed by atoms with E-state index in [9.17, 15) is 0 Å². The maximum Gasteiger partial charge on any atom is 0.159 e. The molecule has 0 radical (unpaired) electrons. The Morgan fingerprint density at radius 1 is 1.21 bits per heavy atom. The molecule has 1 unspecified atom stereocenters. The first-order valence-electron chi connectivity index (χ1n) is 7.20. The average molecular weight is 265 g/mol. The van der Waals surface area contributed by atoms with Gasteiger partial charge in [0.1, 0.15) is 11.9 Å². The highest BCUT2D eigenvalue weighted by Gasteiger charge is 2.18. The normalized spacial score (nSPS) is 12.8. The van der Waals surface area contributed by atoms with Crippen molar-refractivity contribution in [1.82, 2.24) is 9.97 Å².